The summed E-state index contributed by atoms with van der Waals surface area (Å²) in [6, 6.07) is 1.92. The molecule has 0 aliphatic carbocycles. The normalized spacial score (nSPS) is 10.2. The molecule has 4 nitrogen and oxygen atoms in total. The summed E-state index contributed by atoms with van der Waals surface area (Å²) < 4.78 is 0. The fraction of sp³-hybridized carbons (Fsp3) is 0.100. The van der Waals surface area contributed by atoms with Crippen LogP contribution in [0.2, 0.25) is 0 Å². The van der Waals surface area contributed by atoms with Gasteiger partial charge in [0.2, 0.25) is 0 Å². The summed E-state index contributed by atoms with van der Waals surface area (Å²) in [5, 5.41) is 0.847. The zero-order chi connectivity index (χ0) is 10.5. The molecule has 2 N–H and O–H groups in total. The lowest BCUT2D eigenvalue weighted by atomic mass is 10.3. The average Bonchev–Trinajstić information content (AvgIpc) is 2.31. The van der Waals surface area contributed by atoms with E-state index in [1.807, 2.05) is 6.07 Å². The molecule has 0 unspecified atom stereocenters. The zero-order valence-corrected chi connectivity index (χ0v) is 8.81. The van der Waals surface area contributed by atoms with Crippen LogP contribution in [0.5, 0.6) is 0 Å². The van der Waals surface area contributed by atoms with E-state index in [-0.39, 0.29) is 0 Å². The third-order valence-electron chi connectivity index (χ3n) is 1.84. The minimum atomic E-state index is 0.505. The molecule has 2 aromatic heterocycles. The molecular weight excluding hydrogens is 208 g/mol. The van der Waals surface area contributed by atoms with Crippen molar-refractivity contribution in [1.29, 1.82) is 0 Å². The van der Waals surface area contributed by atoms with Crippen molar-refractivity contribution in [2.45, 2.75) is 16.5 Å². The van der Waals surface area contributed by atoms with Crippen molar-refractivity contribution < 1.29 is 0 Å². The van der Waals surface area contributed by atoms with Gasteiger partial charge in [0, 0.05) is 36.2 Å². The average molecular weight is 218 g/mol. The highest BCUT2D eigenvalue weighted by atomic mass is 32.2. The Kier molecular flexibility index (Phi) is 3.26. The predicted octanol–water partition coefficient (Wildman–Crippen LogP) is 1.48. The molecule has 0 bridgehead atoms. The third kappa shape index (κ3) is 2.51. The first-order chi connectivity index (χ1) is 7.40. The minimum absolute atomic E-state index is 0.505. The summed E-state index contributed by atoms with van der Waals surface area (Å²) in [5.74, 6) is 0. The monoisotopic (exact) mass is 218 g/mol. The van der Waals surface area contributed by atoms with Crippen molar-refractivity contribution in [1.82, 2.24) is 15.0 Å². The Hall–Kier alpha value is -1.46. The highest BCUT2D eigenvalue weighted by Gasteiger charge is 2.03. The Morgan fingerprint density at radius 2 is 2.00 bits per heavy atom. The molecule has 2 rings (SSSR count). The van der Waals surface area contributed by atoms with Crippen LogP contribution in [0.4, 0.5) is 0 Å². The van der Waals surface area contributed by atoms with Crippen LogP contribution in [-0.4, -0.2) is 15.0 Å². The van der Waals surface area contributed by atoms with Gasteiger partial charge in [-0.1, -0.05) is 11.8 Å². The topological polar surface area (TPSA) is 64.7 Å². The fourth-order valence-electron chi connectivity index (χ4n) is 1.12. The van der Waals surface area contributed by atoms with Gasteiger partial charge in [-0.3, -0.25) is 9.97 Å². The summed E-state index contributed by atoms with van der Waals surface area (Å²) >= 11 is 1.52. The van der Waals surface area contributed by atoms with Gasteiger partial charge in [0.25, 0.3) is 0 Å². The summed E-state index contributed by atoms with van der Waals surface area (Å²) in [5.41, 5.74) is 6.70. The van der Waals surface area contributed by atoms with E-state index >= 15 is 0 Å². The van der Waals surface area contributed by atoms with Gasteiger partial charge in [-0.2, -0.15) is 0 Å². The van der Waals surface area contributed by atoms with Gasteiger partial charge in [0.05, 0.1) is 6.20 Å². The molecule has 76 valence electrons. The van der Waals surface area contributed by atoms with E-state index < -0.39 is 0 Å². The maximum absolute atomic E-state index is 5.63. The smallest absolute Gasteiger partial charge is 0.119 e. The zero-order valence-electron chi connectivity index (χ0n) is 8.00. The molecule has 0 saturated carbocycles. The van der Waals surface area contributed by atoms with Crippen LogP contribution >= 0.6 is 11.8 Å². The van der Waals surface area contributed by atoms with Gasteiger partial charge in [-0.15, -0.1) is 0 Å². The lowest BCUT2D eigenvalue weighted by Crippen LogP contribution is -1.98. The summed E-state index contributed by atoms with van der Waals surface area (Å²) in [7, 11) is 0. The number of aromatic nitrogens is 3. The molecule has 0 atom stereocenters. The van der Waals surface area contributed by atoms with E-state index in [2.05, 4.69) is 15.0 Å². The first kappa shape index (κ1) is 10.1. The lowest BCUT2D eigenvalue weighted by molar-refractivity contribution is 0.997. The van der Waals surface area contributed by atoms with Crippen LogP contribution in [0, 0.1) is 0 Å². The van der Waals surface area contributed by atoms with Gasteiger partial charge in [-0.05, 0) is 11.6 Å². The summed E-state index contributed by atoms with van der Waals surface area (Å²) in [4.78, 5) is 13.3. The number of pyridine rings is 1. The van der Waals surface area contributed by atoms with Crippen molar-refractivity contribution in [3.63, 3.8) is 0 Å². The number of hydrogen-bond acceptors (Lipinski definition) is 5. The molecule has 0 aromatic carbocycles. The second-order valence-electron chi connectivity index (χ2n) is 2.83. The molecule has 15 heavy (non-hydrogen) atoms. The van der Waals surface area contributed by atoms with Crippen molar-refractivity contribution in [3.05, 3.63) is 42.6 Å². The second kappa shape index (κ2) is 4.86. The van der Waals surface area contributed by atoms with Gasteiger partial charge in [0.15, 0.2) is 0 Å². The lowest BCUT2D eigenvalue weighted by Gasteiger charge is -2.04. The van der Waals surface area contributed by atoms with E-state index in [0.717, 1.165) is 15.5 Å². The van der Waals surface area contributed by atoms with E-state index in [1.165, 1.54) is 11.8 Å². The summed E-state index contributed by atoms with van der Waals surface area (Å²) in [6.07, 6.45) is 8.57. The molecule has 0 amide bonds. The van der Waals surface area contributed by atoms with Gasteiger partial charge in [-0.25, -0.2) is 4.98 Å². The maximum atomic E-state index is 5.63. The molecule has 0 radical (unpaired) electrons. The molecule has 2 aromatic rings. The molecule has 5 heteroatoms. The van der Waals surface area contributed by atoms with Crippen molar-refractivity contribution in [2.24, 2.45) is 5.73 Å². The first-order valence-electron chi connectivity index (χ1n) is 4.47. The van der Waals surface area contributed by atoms with Gasteiger partial charge >= 0.3 is 0 Å². The van der Waals surface area contributed by atoms with Crippen LogP contribution in [-0.2, 0) is 6.54 Å². The molecule has 0 fully saturated rings. The Labute approximate surface area is 92.0 Å². The van der Waals surface area contributed by atoms with E-state index in [4.69, 9.17) is 5.73 Å². The van der Waals surface area contributed by atoms with Crippen molar-refractivity contribution in [3.8, 4) is 0 Å². The third-order valence-corrected chi connectivity index (χ3v) is 2.85. The Bertz CT molecular complexity index is 432. The van der Waals surface area contributed by atoms with Crippen LogP contribution < -0.4 is 5.73 Å². The van der Waals surface area contributed by atoms with Crippen LogP contribution in [0.1, 0.15) is 5.56 Å². The quantitative estimate of drug-likeness (QED) is 0.845. The minimum Gasteiger partial charge on any atom is -0.326 e. The molecular formula is C10H10N4S. The SMILES string of the molecule is NCc1ccncc1Sc1cnccn1. The summed E-state index contributed by atoms with van der Waals surface area (Å²) in [6.45, 7) is 0.505. The van der Waals surface area contributed by atoms with Crippen molar-refractivity contribution >= 4 is 11.8 Å². The highest BCUT2D eigenvalue weighted by Crippen LogP contribution is 2.27. The Morgan fingerprint density at radius 1 is 1.13 bits per heavy atom. The number of rotatable bonds is 3. The fourth-order valence-corrected chi connectivity index (χ4v) is 1.97. The van der Waals surface area contributed by atoms with Crippen LogP contribution in [0.3, 0.4) is 0 Å². The number of nitrogens with zero attached hydrogens (tertiary/aromatic N) is 3. The Morgan fingerprint density at radius 3 is 2.73 bits per heavy atom. The predicted molar refractivity (Wildman–Crippen MR) is 58.3 cm³/mol. The van der Waals surface area contributed by atoms with Gasteiger partial charge < -0.3 is 5.73 Å². The first-order valence-corrected chi connectivity index (χ1v) is 5.28. The largest absolute Gasteiger partial charge is 0.326 e. The highest BCUT2D eigenvalue weighted by molar-refractivity contribution is 7.99. The molecule has 2 heterocycles. The maximum Gasteiger partial charge on any atom is 0.119 e. The van der Waals surface area contributed by atoms with E-state index in [0.29, 0.717) is 6.54 Å². The molecule has 0 aliphatic heterocycles. The van der Waals surface area contributed by atoms with Crippen molar-refractivity contribution in [2.75, 3.05) is 0 Å². The van der Waals surface area contributed by atoms with E-state index in [1.54, 1.807) is 31.0 Å². The van der Waals surface area contributed by atoms with Crippen LogP contribution in [0.15, 0.2) is 47.0 Å². The number of hydrogen-bond donors (Lipinski definition) is 1. The van der Waals surface area contributed by atoms with Crippen LogP contribution in [0.25, 0.3) is 0 Å². The standard InChI is InChI=1S/C10H10N4S/c11-5-8-1-2-12-6-9(8)15-10-7-13-3-4-14-10/h1-4,6-7H,5,11H2. The van der Waals surface area contributed by atoms with E-state index in [9.17, 15) is 0 Å². The number of nitrogens with two attached hydrogens (primary N) is 1. The second-order valence-corrected chi connectivity index (χ2v) is 3.90. The Balaban J connectivity index is 2.24. The molecule has 0 saturated heterocycles. The molecule has 0 aliphatic rings. The van der Waals surface area contributed by atoms with Gasteiger partial charge in [0.1, 0.15) is 5.03 Å². The molecule has 0 spiro atoms.